The smallest absolute Gasteiger partial charge is 0.300 e. The van der Waals surface area contributed by atoms with Crippen molar-refractivity contribution >= 4 is 23.1 Å². The molecule has 3 aromatic rings. The minimum Gasteiger partial charge on any atom is -0.507 e. The molecule has 1 N–H and O–H groups in total. The van der Waals surface area contributed by atoms with E-state index in [2.05, 4.69) is 26.8 Å². The summed E-state index contributed by atoms with van der Waals surface area (Å²) >= 11 is 0. The molecule has 5 rings (SSSR count). The molecule has 3 aromatic carbocycles. The van der Waals surface area contributed by atoms with Crippen LogP contribution in [0.25, 0.3) is 5.76 Å². The minimum atomic E-state index is -0.828. The number of hydrogen-bond donors (Lipinski definition) is 1. The molecule has 0 saturated carbocycles. The van der Waals surface area contributed by atoms with Crippen LogP contribution in [-0.4, -0.2) is 22.9 Å². The molecule has 1 amide bonds. The third kappa shape index (κ3) is 4.27. The van der Waals surface area contributed by atoms with E-state index in [1.807, 2.05) is 37.3 Å². The summed E-state index contributed by atoms with van der Waals surface area (Å²) in [5, 5.41) is 20.7. The van der Waals surface area contributed by atoms with Gasteiger partial charge in [-0.25, -0.2) is 0 Å². The maximum atomic E-state index is 13.4. The van der Waals surface area contributed by atoms with E-state index in [0.29, 0.717) is 28.8 Å². The van der Waals surface area contributed by atoms with Gasteiger partial charge in [0.15, 0.2) is 0 Å². The summed E-state index contributed by atoms with van der Waals surface area (Å²) in [6.07, 6.45) is 0.740. The van der Waals surface area contributed by atoms with E-state index in [1.165, 1.54) is 4.90 Å². The molecule has 2 heterocycles. The van der Waals surface area contributed by atoms with Gasteiger partial charge < -0.3 is 9.84 Å². The molecule has 6 nitrogen and oxygen atoms in total. The van der Waals surface area contributed by atoms with Gasteiger partial charge in [0.05, 0.1) is 23.2 Å². The highest BCUT2D eigenvalue weighted by Crippen LogP contribution is 2.43. The molecule has 0 radical (unpaired) electrons. The summed E-state index contributed by atoms with van der Waals surface area (Å²) < 4.78 is 5.78. The first-order valence-corrected chi connectivity index (χ1v) is 12.3. The Morgan fingerprint density at radius 2 is 1.70 bits per heavy atom. The molecule has 0 bridgehead atoms. The van der Waals surface area contributed by atoms with Crippen molar-refractivity contribution in [2.75, 3.05) is 4.90 Å². The van der Waals surface area contributed by atoms with Crippen molar-refractivity contribution in [3.63, 3.8) is 0 Å². The van der Waals surface area contributed by atoms with E-state index in [9.17, 15) is 20.0 Å². The maximum Gasteiger partial charge on any atom is 0.300 e. The minimum absolute atomic E-state index is 0.0322. The standard InChI is InChI=1S/C31H28N2O4/c1-18-15-22-16-21(9-14-25(22)37-18)28(34)26-27(20-7-10-23(11-8-20)31(2,3)4)33(30(36)29(26)35)24-12-5-19(17-32)6-13-24/h5-14,16,18,27,34H,15H2,1-4H3/b28-26-. The monoisotopic (exact) mass is 492 g/mol. The van der Waals surface area contributed by atoms with Crippen LogP contribution in [0, 0.1) is 11.3 Å². The molecular formula is C31H28N2O4. The number of fused-ring (bicyclic) bond motifs is 1. The number of ether oxygens (including phenoxy) is 1. The predicted molar refractivity (Wildman–Crippen MR) is 141 cm³/mol. The van der Waals surface area contributed by atoms with Crippen LogP contribution in [0.4, 0.5) is 5.69 Å². The second kappa shape index (κ2) is 8.94. The molecule has 37 heavy (non-hydrogen) atoms. The summed E-state index contributed by atoms with van der Waals surface area (Å²) in [5.41, 5.74) is 4.11. The third-order valence-electron chi connectivity index (χ3n) is 6.98. The Morgan fingerprint density at radius 1 is 1.03 bits per heavy atom. The van der Waals surface area contributed by atoms with Gasteiger partial charge in [0.2, 0.25) is 0 Å². The number of benzene rings is 3. The first-order chi connectivity index (χ1) is 17.6. The van der Waals surface area contributed by atoms with Crippen molar-refractivity contribution in [2.24, 2.45) is 0 Å². The third-order valence-corrected chi connectivity index (χ3v) is 6.98. The zero-order valence-corrected chi connectivity index (χ0v) is 21.3. The lowest BCUT2D eigenvalue weighted by Gasteiger charge is -2.26. The lowest BCUT2D eigenvalue weighted by molar-refractivity contribution is -0.132. The Morgan fingerprint density at radius 3 is 2.32 bits per heavy atom. The molecule has 0 aromatic heterocycles. The number of ketones is 1. The fourth-order valence-corrected chi connectivity index (χ4v) is 5.00. The van der Waals surface area contributed by atoms with Crippen LogP contribution < -0.4 is 9.64 Å². The molecule has 2 atom stereocenters. The van der Waals surface area contributed by atoms with Crippen LogP contribution in [0.15, 0.2) is 72.3 Å². The van der Waals surface area contributed by atoms with Gasteiger partial charge in [0.25, 0.3) is 11.7 Å². The highest BCUT2D eigenvalue weighted by Gasteiger charge is 2.47. The van der Waals surface area contributed by atoms with E-state index >= 15 is 0 Å². The second-order valence-electron chi connectivity index (χ2n) is 10.7. The van der Waals surface area contributed by atoms with Crippen molar-refractivity contribution in [3.05, 3.63) is 100 Å². The number of rotatable bonds is 3. The fraction of sp³-hybridized carbons (Fsp3) is 0.258. The number of hydrogen-bond acceptors (Lipinski definition) is 5. The Kier molecular flexibility index (Phi) is 5.88. The number of nitriles is 1. The number of amides is 1. The summed E-state index contributed by atoms with van der Waals surface area (Å²) in [5.74, 6) is -0.940. The number of anilines is 1. The van der Waals surface area contributed by atoms with Crippen LogP contribution in [0.5, 0.6) is 5.75 Å². The van der Waals surface area contributed by atoms with Gasteiger partial charge in [0.1, 0.15) is 17.6 Å². The zero-order valence-electron chi connectivity index (χ0n) is 21.3. The average molecular weight is 493 g/mol. The molecule has 0 aliphatic carbocycles. The van der Waals surface area contributed by atoms with Gasteiger partial charge in [0, 0.05) is 17.7 Å². The van der Waals surface area contributed by atoms with Crippen molar-refractivity contribution in [1.82, 2.24) is 0 Å². The van der Waals surface area contributed by atoms with Crippen LogP contribution in [0.2, 0.25) is 0 Å². The molecule has 2 aliphatic rings. The number of aliphatic hydroxyl groups is 1. The number of Topliss-reactive ketones (excluding diaryl/α,β-unsaturated/α-hetero) is 1. The summed E-state index contributed by atoms with van der Waals surface area (Å²) in [7, 11) is 0. The quantitative estimate of drug-likeness (QED) is 0.283. The molecule has 2 aliphatic heterocycles. The molecule has 1 fully saturated rings. The van der Waals surface area contributed by atoms with Crippen LogP contribution in [0.3, 0.4) is 0 Å². The first kappa shape index (κ1) is 24.3. The van der Waals surface area contributed by atoms with Gasteiger partial charge in [-0.1, -0.05) is 45.0 Å². The predicted octanol–water partition coefficient (Wildman–Crippen LogP) is 5.81. The number of carbonyl (C=O) groups excluding carboxylic acids is 2. The largest absolute Gasteiger partial charge is 0.507 e. The fourth-order valence-electron chi connectivity index (χ4n) is 5.00. The highest BCUT2D eigenvalue weighted by molar-refractivity contribution is 6.51. The first-order valence-electron chi connectivity index (χ1n) is 12.3. The van der Waals surface area contributed by atoms with Gasteiger partial charge in [-0.2, -0.15) is 5.26 Å². The van der Waals surface area contributed by atoms with Crippen molar-refractivity contribution in [1.29, 1.82) is 5.26 Å². The summed E-state index contributed by atoms with van der Waals surface area (Å²) in [6.45, 7) is 8.32. The van der Waals surface area contributed by atoms with E-state index in [0.717, 1.165) is 16.9 Å². The molecule has 1 saturated heterocycles. The van der Waals surface area contributed by atoms with E-state index < -0.39 is 17.7 Å². The lowest BCUT2D eigenvalue weighted by Crippen LogP contribution is -2.29. The lowest BCUT2D eigenvalue weighted by atomic mass is 9.85. The van der Waals surface area contributed by atoms with Crippen LogP contribution in [0.1, 0.15) is 61.6 Å². The van der Waals surface area contributed by atoms with E-state index in [1.54, 1.807) is 36.4 Å². The molecule has 6 heteroatoms. The second-order valence-corrected chi connectivity index (χ2v) is 10.7. The van der Waals surface area contributed by atoms with Gasteiger partial charge in [-0.05, 0) is 71.5 Å². The van der Waals surface area contributed by atoms with Crippen LogP contribution >= 0.6 is 0 Å². The van der Waals surface area contributed by atoms with Gasteiger partial charge in [-0.15, -0.1) is 0 Å². The van der Waals surface area contributed by atoms with Gasteiger partial charge in [-0.3, -0.25) is 14.5 Å². The topological polar surface area (TPSA) is 90.6 Å². The molecule has 2 unspecified atom stereocenters. The SMILES string of the molecule is CC1Cc2cc(/C(O)=C3/C(=O)C(=O)N(c4ccc(C#N)cc4)C3c3ccc(C(C)(C)C)cc3)ccc2O1. The highest BCUT2D eigenvalue weighted by atomic mass is 16.5. The molecular weight excluding hydrogens is 464 g/mol. The Labute approximate surface area is 216 Å². The van der Waals surface area contributed by atoms with Crippen molar-refractivity contribution < 1.29 is 19.4 Å². The molecule has 186 valence electrons. The van der Waals surface area contributed by atoms with E-state index in [-0.39, 0.29) is 22.9 Å². The Bertz CT molecular complexity index is 1470. The van der Waals surface area contributed by atoms with E-state index in [4.69, 9.17) is 4.74 Å². The number of nitrogens with zero attached hydrogens (tertiary/aromatic N) is 2. The number of carbonyl (C=O) groups is 2. The normalized spacial score (nSPS) is 20.5. The Balaban J connectivity index is 1.67. The average Bonchev–Trinajstić information content (AvgIpc) is 3.38. The van der Waals surface area contributed by atoms with Crippen molar-refractivity contribution in [3.8, 4) is 11.8 Å². The summed E-state index contributed by atoms with van der Waals surface area (Å²) in [4.78, 5) is 28.2. The van der Waals surface area contributed by atoms with Crippen LogP contribution in [-0.2, 0) is 21.4 Å². The number of aliphatic hydroxyl groups excluding tert-OH is 1. The Hall–Kier alpha value is -4.37. The maximum absolute atomic E-state index is 13.4. The zero-order chi connectivity index (χ0) is 26.5. The van der Waals surface area contributed by atoms with Gasteiger partial charge >= 0.3 is 0 Å². The summed E-state index contributed by atoms with van der Waals surface area (Å²) in [6, 6.07) is 20.9. The van der Waals surface area contributed by atoms with Crippen molar-refractivity contribution in [2.45, 2.75) is 51.7 Å². The molecule has 0 spiro atoms.